The van der Waals surface area contributed by atoms with E-state index in [-0.39, 0.29) is 6.61 Å². The number of likely N-dealkylation sites (tertiary alicyclic amines) is 1. The fourth-order valence-corrected chi connectivity index (χ4v) is 2.91. The van der Waals surface area contributed by atoms with Gasteiger partial charge in [0.05, 0.1) is 19.3 Å². The molecule has 0 saturated carbocycles. The molecule has 0 amide bonds. The van der Waals surface area contributed by atoms with Crippen molar-refractivity contribution in [1.82, 2.24) is 10.2 Å². The molecular formula is C13H26N2O2. The maximum absolute atomic E-state index is 8.72. The molecule has 2 saturated heterocycles. The first-order valence-corrected chi connectivity index (χ1v) is 7.04. The Hall–Kier alpha value is -0.160. The Morgan fingerprint density at radius 2 is 1.82 bits per heavy atom. The van der Waals surface area contributed by atoms with E-state index in [0.717, 1.165) is 18.8 Å². The number of hydrogen-bond donors (Lipinski definition) is 2. The summed E-state index contributed by atoms with van der Waals surface area (Å²) in [5, 5.41) is 12.1. The first kappa shape index (κ1) is 13.3. The van der Waals surface area contributed by atoms with Gasteiger partial charge in [-0.1, -0.05) is 0 Å². The predicted octanol–water partition coefficient (Wildman–Crippen LogP) is 0.459. The number of aliphatic hydroxyl groups excluding tert-OH is 1. The van der Waals surface area contributed by atoms with Gasteiger partial charge < -0.3 is 20.1 Å². The topological polar surface area (TPSA) is 44.7 Å². The van der Waals surface area contributed by atoms with Crippen LogP contribution in [-0.2, 0) is 4.74 Å². The summed E-state index contributed by atoms with van der Waals surface area (Å²) in [6, 6.07) is 0. The van der Waals surface area contributed by atoms with Gasteiger partial charge in [0.2, 0.25) is 0 Å². The standard InChI is InChI=1S/C13H26N2O2/c16-9-10-17-13-3-7-15(8-4-13)11-12-1-5-14-6-2-12/h12-14,16H,1-11H2. The minimum atomic E-state index is 0.148. The molecule has 0 aromatic carbocycles. The van der Waals surface area contributed by atoms with Crippen LogP contribution in [0.25, 0.3) is 0 Å². The van der Waals surface area contributed by atoms with E-state index < -0.39 is 0 Å². The first-order valence-electron chi connectivity index (χ1n) is 7.04. The second-order valence-corrected chi connectivity index (χ2v) is 5.29. The zero-order chi connectivity index (χ0) is 11.9. The molecule has 0 spiro atoms. The van der Waals surface area contributed by atoms with Crippen LogP contribution in [0.1, 0.15) is 25.7 Å². The van der Waals surface area contributed by atoms with Gasteiger partial charge in [0.15, 0.2) is 0 Å². The average molecular weight is 242 g/mol. The van der Waals surface area contributed by atoms with E-state index in [9.17, 15) is 0 Å². The minimum absolute atomic E-state index is 0.148. The summed E-state index contributed by atoms with van der Waals surface area (Å²) < 4.78 is 5.58. The molecule has 0 unspecified atom stereocenters. The number of nitrogens with one attached hydrogen (secondary N) is 1. The van der Waals surface area contributed by atoms with Crippen molar-refractivity contribution in [3.63, 3.8) is 0 Å². The Labute approximate surface area is 104 Å². The van der Waals surface area contributed by atoms with Crippen molar-refractivity contribution in [2.75, 3.05) is 45.9 Å². The van der Waals surface area contributed by atoms with Crippen LogP contribution in [0.3, 0.4) is 0 Å². The molecular weight excluding hydrogens is 216 g/mol. The smallest absolute Gasteiger partial charge is 0.0701 e. The Bertz CT molecular complexity index is 200. The Kier molecular flexibility index (Phi) is 5.71. The van der Waals surface area contributed by atoms with Crippen molar-refractivity contribution in [3.8, 4) is 0 Å². The van der Waals surface area contributed by atoms with Crippen LogP contribution < -0.4 is 5.32 Å². The van der Waals surface area contributed by atoms with Gasteiger partial charge in [-0.05, 0) is 44.7 Å². The highest BCUT2D eigenvalue weighted by Gasteiger charge is 2.22. The van der Waals surface area contributed by atoms with Crippen molar-refractivity contribution in [3.05, 3.63) is 0 Å². The van der Waals surface area contributed by atoms with Crippen molar-refractivity contribution < 1.29 is 9.84 Å². The van der Waals surface area contributed by atoms with E-state index in [0.29, 0.717) is 12.7 Å². The molecule has 0 atom stereocenters. The van der Waals surface area contributed by atoms with Gasteiger partial charge in [-0.2, -0.15) is 0 Å². The molecule has 2 heterocycles. The van der Waals surface area contributed by atoms with Gasteiger partial charge in [0.25, 0.3) is 0 Å². The van der Waals surface area contributed by atoms with E-state index in [4.69, 9.17) is 9.84 Å². The lowest BCUT2D eigenvalue weighted by molar-refractivity contribution is -0.0106. The van der Waals surface area contributed by atoms with Crippen LogP contribution in [0, 0.1) is 5.92 Å². The molecule has 0 radical (unpaired) electrons. The molecule has 2 fully saturated rings. The van der Waals surface area contributed by atoms with Crippen molar-refractivity contribution in [1.29, 1.82) is 0 Å². The molecule has 0 aromatic heterocycles. The summed E-state index contributed by atoms with van der Waals surface area (Å²) in [6.07, 6.45) is 5.31. The summed E-state index contributed by atoms with van der Waals surface area (Å²) in [5.74, 6) is 0.895. The summed E-state index contributed by atoms with van der Waals surface area (Å²) in [6.45, 7) is 6.64. The molecule has 2 N–H and O–H groups in total. The Morgan fingerprint density at radius 3 is 2.47 bits per heavy atom. The van der Waals surface area contributed by atoms with Crippen LogP contribution in [0.15, 0.2) is 0 Å². The number of rotatable bonds is 5. The molecule has 17 heavy (non-hydrogen) atoms. The van der Waals surface area contributed by atoms with Crippen molar-refractivity contribution in [2.24, 2.45) is 5.92 Å². The number of aliphatic hydroxyl groups is 1. The Morgan fingerprint density at radius 1 is 1.12 bits per heavy atom. The van der Waals surface area contributed by atoms with Crippen molar-refractivity contribution in [2.45, 2.75) is 31.8 Å². The summed E-state index contributed by atoms with van der Waals surface area (Å²) in [7, 11) is 0. The van der Waals surface area contributed by atoms with Crippen LogP contribution in [0.5, 0.6) is 0 Å². The molecule has 4 heteroatoms. The van der Waals surface area contributed by atoms with Gasteiger partial charge in [0, 0.05) is 19.6 Å². The Balaban J connectivity index is 1.61. The molecule has 0 aromatic rings. The van der Waals surface area contributed by atoms with Crippen molar-refractivity contribution >= 4 is 0 Å². The van der Waals surface area contributed by atoms with Gasteiger partial charge >= 0.3 is 0 Å². The molecule has 4 nitrogen and oxygen atoms in total. The fourth-order valence-electron chi connectivity index (χ4n) is 2.91. The lowest BCUT2D eigenvalue weighted by Gasteiger charge is -2.35. The lowest BCUT2D eigenvalue weighted by Crippen LogP contribution is -2.42. The highest BCUT2D eigenvalue weighted by atomic mass is 16.5. The third-order valence-corrected chi connectivity index (χ3v) is 3.95. The predicted molar refractivity (Wildman–Crippen MR) is 68.1 cm³/mol. The zero-order valence-corrected chi connectivity index (χ0v) is 10.7. The highest BCUT2D eigenvalue weighted by molar-refractivity contribution is 4.77. The van der Waals surface area contributed by atoms with Gasteiger partial charge in [-0.15, -0.1) is 0 Å². The second-order valence-electron chi connectivity index (χ2n) is 5.29. The molecule has 2 rings (SSSR count). The van der Waals surface area contributed by atoms with Crippen LogP contribution >= 0.6 is 0 Å². The second kappa shape index (κ2) is 7.31. The van der Waals surface area contributed by atoms with E-state index >= 15 is 0 Å². The summed E-state index contributed by atoms with van der Waals surface area (Å²) in [4.78, 5) is 2.59. The number of hydrogen-bond acceptors (Lipinski definition) is 4. The van der Waals surface area contributed by atoms with Crippen LogP contribution in [0.4, 0.5) is 0 Å². The summed E-state index contributed by atoms with van der Waals surface area (Å²) >= 11 is 0. The van der Waals surface area contributed by atoms with E-state index in [1.807, 2.05) is 0 Å². The SMILES string of the molecule is OCCOC1CCN(CC2CCNCC2)CC1. The highest BCUT2D eigenvalue weighted by Crippen LogP contribution is 2.18. The first-order chi connectivity index (χ1) is 8.38. The third-order valence-electron chi connectivity index (χ3n) is 3.95. The minimum Gasteiger partial charge on any atom is -0.394 e. The van der Waals surface area contributed by atoms with Crippen LogP contribution in [0.2, 0.25) is 0 Å². The van der Waals surface area contributed by atoms with Gasteiger partial charge in [-0.25, -0.2) is 0 Å². The van der Waals surface area contributed by atoms with E-state index in [1.54, 1.807) is 0 Å². The number of nitrogens with zero attached hydrogens (tertiary/aromatic N) is 1. The number of piperidine rings is 2. The number of ether oxygens (including phenoxy) is 1. The maximum atomic E-state index is 8.72. The summed E-state index contributed by atoms with van der Waals surface area (Å²) in [5.41, 5.74) is 0. The average Bonchev–Trinajstić information content (AvgIpc) is 2.39. The largest absolute Gasteiger partial charge is 0.394 e. The lowest BCUT2D eigenvalue weighted by atomic mass is 9.96. The van der Waals surface area contributed by atoms with Gasteiger partial charge in [-0.3, -0.25) is 0 Å². The third kappa shape index (κ3) is 4.54. The quantitative estimate of drug-likeness (QED) is 0.735. The zero-order valence-electron chi connectivity index (χ0n) is 10.7. The molecule has 2 aliphatic rings. The fraction of sp³-hybridized carbons (Fsp3) is 1.00. The van der Waals surface area contributed by atoms with Gasteiger partial charge in [0.1, 0.15) is 0 Å². The normalized spacial score (nSPS) is 25.2. The van der Waals surface area contributed by atoms with Crippen LogP contribution in [-0.4, -0.2) is 62.0 Å². The van der Waals surface area contributed by atoms with E-state index in [2.05, 4.69) is 10.2 Å². The molecule has 0 bridgehead atoms. The molecule has 0 aliphatic carbocycles. The maximum Gasteiger partial charge on any atom is 0.0701 e. The molecule has 100 valence electrons. The molecule has 2 aliphatic heterocycles. The van der Waals surface area contributed by atoms with E-state index in [1.165, 1.54) is 45.6 Å². The monoisotopic (exact) mass is 242 g/mol.